The number of thioether (sulfide) groups is 1. The number of nitrogens with two attached hydrogens (primary N) is 7. The Morgan fingerprint density at radius 2 is 0.871 bits per heavy atom. The first-order valence-corrected chi connectivity index (χ1v) is 36.0. The number of likely N-dealkylation sites (tertiary alicyclic amines) is 4. The molecule has 37 heteroatoms. The number of ether oxygens (including phenoxy) is 1. The molecule has 4 aliphatic rings. The standard InChI is InChI=1S/C18H31ClN8O3.C13H25NO4.C12H24N2O3.C12H26N2O2.C7H9ClN6OS.CH4O.CH4.HI/c19-14-16(21)25-15(20)13(24-14)17(30)26-18(22)23-6-2-1-3-11-4-7-27(8-5-11)9-12(29)10-28;1-18-13(17)4-2-3-11-5-7-14(8-6-11)9-12(16)10-15;13-12(17)3-1-2-10-4-6-14(7-5-10)8-11(16)9-15;13-6-2-1-3-11-4-7-14(8-5-11)9-12(16)10-15;1-16-7(11)14-6(15)2-4(9)13-5(10)3(8)12-2;1-2;;/h11-12,28-29H,1-10H2,(H4,20,21,25)(H3,22,23,26,30);11-12,15-16H,2-10H2,1H3;10-11,15-16H,1-9H2,(H2,13,17);11-12,15-16H,1-10,13H2;1H3,(H4,9,10,13)(H2,11,14,15);2H,1H3;1H4;1H. The monoisotopic (exact) mass is 1610 g/mol. The van der Waals surface area contributed by atoms with E-state index in [-0.39, 0.29) is 126 Å². The van der Waals surface area contributed by atoms with E-state index in [1.807, 2.05) is 0 Å². The number of amides is 3. The van der Waals surface area contributed by atoms with Crippen LogP contribution in [-0.4, -0.2) is 283 Å². The number of methoxy groups -OCH3 is 1. The number of esters is 1. The molecule has 4 fully saturated rings. The van der Waals surface area contributed by atoms with Crippen molar-refractivity contribution in [1.82, 2.24) is 50.2 Å². The van der Waals surface area contributed by atoms with Crippen molar-refractivity contribution >= 4 is 117 Å². The maximum absolute atomic E-state index is 12.2. The largest absolute Gasteiger partial charge is 0.469 e. The van der Waals surface area contributed by atoms with Crippen molar-refractivity contribution in [2.24, 2.45) is 45.9 Å². The van der Waals surface area contributed by atoms with Crippen molar-refractivity contribution in [2.45, 2.75) is 160 Å². The number of nitrogens with one attached hydrogen (secondary N) is 3. The van der Waals surface area contributed by atoms with Crippen molar-refractivity contribution in [3.63, 3.8) is 0 Å². The van der Waals surface area contributed by atoms with Crippen LogP contribution in [0.25, 0.3) is 0 Å². The van der Waals surface area contributed by atoms with Gasteiger partial charge < -0.3 is 116 Å². The van der Waals surface area contributed by atoms with Crippen LogP contribution in [0.5, 0.6) is 0 Å². The summed E-state index contributed by atoms with van der Waals surface area (Å²) in [6, 6.07) is 0. The number of β-amino-alcohol motifs (C(OH)–C–C–N with tert-alkyl or cyclic N) is 4. The van der Waals surface area contributed by atoms with Crippen molar-refractivity contribution in [1.29, 1.82) is 5.41 Å². The van der Waals surface area contributed by atoms with Gasteiger partial charge in [0.2, 0.25) is 5.91 Å². The maximum atomic E-state index is 12.2. The molecule has 0 aromatic carbocycles. The highest BCUT2D eigenvalue weighted by Gasteiger charge is 2.25. The van der Waals surface area contributed by atoms with Gasteiger partial charge in [0.1, 0.15) is 0 Å². The van der Waals surface area contributed by atoms with Gasteiger partial charge in [-0.25, -0.2) is 19.9 Å². The number of primary amides is 1. The quantitative estimate of drug-likeness (QED) is 0.0165. The van der Waals surface area contributed by atoms with E-state index in [9.17, 15) is 39.6 Å². The lowest BCUT2D eigenvalue weighted by molar-refractivity contribution is -0.140. The molecule has 3 amide bonds. The molecule has 2 aromatic heterocycles. The van der Waals surface area contributed by atoms with Gasteiger partial charge in [-0.1, -0.05) is 68.1 Å². The summed E-state index contributed by atoms with van der Waals surface area (Å²) in [7, 11) is 2.42. The van der Waals surface area contributed by atoms with Crippen molar-refractivity contribution < 1.29 is 69.9 Å². The summed E-state index contributed by atoms with van der Waals surface area (Å²) in [6.45, 7) is 10.8. The first-order chi connectivity index (χ1) is 47.3. The fourth-order valence-electron chi connectivity index (χ4n) is 11.4. The Balaban J connectivity index is 0. The number of nitrogens with zero attached hydrogens (tertiary/aromatic N) is 9. The van der Waals surface area contributed by atoms with Crippen LogP contribution in [0.4, 0.5) is 23.3 Å². The Morgan fingerprint density at radius 1 is 0.554 bits per heavy atom. The number of guanidine groups is 1. The average molecular weight is 1610 g/mol. The average Bonchev–Trinajstić information content (AvgIpc) is 0.844. The number of piperidine rings is 4. The van der Waals surface area contributed by atoms with E-state index in [2.05, 4.69) is 59.9 Å². The molecule has 6 heterocycles. The Bertz CT molecular complexity index is 2600. The highest BCUT2D eigenvalue weighted by molar-refractivity contribution is 14.0. The van der Waals surface area contributed by atoms with Crippen LogP contribution in [-0.2, 0) is 14.3 Å². The molecule has 33 nitrogen and oxygen atoms in total. The molecule has 26 N–H and O–H groups in total. The van der Waals surface area contributed by atoms with E-state index >= 15 is 0 Å². The van der Waals surface area contributed by atoms with E-state index in [1.165, 1.54) is 32.8 Å². The molecular weight excluding hydrogens is 1490 g/mol. The Morgan fingerprint density at radius 3 is 1.18 bits per heavy atom. The fourth-order valence-corrected chi connectivity index (χ4v) is 11.9. The normalized spacial score (nSPS) is 17.0. The summed E-state index contributed by atoms with van der Waals surface area (Å²) in [6.07, 6.45) is 19.8. The van der Waals surface area contributed by atoms with E-state index in [1.54, 1.807) is 6.26 Å². The van der Waals surface area contributed by atoms with Crippen LogP contribution in [0.1, 0.15) is 157 Å². The van der Waals surface area contributed by atoms with Gasteiger partial charge in [0.05, 0.1) is 58.0 Å². The molecular formula is C64H124Cl2IN19O14S. The van der Waals surface area contributed by atoms with Crippen LogP contribution >= 0.6 is 58.9 Å². The van der Waals surface area contributed by atoms with Crippen LogP contribution in [0, 0.1) is 29.1 Å². The third-order valence-corrected chi connectivity index (χ3v) is 18.2. The number of aliphatic hydroxyl groups is 9. The molecule has 586 valence electrons. The molecule has 4 aliphatic heterocycles. The van der Waals surface area contributed by atoms with Crippen molar-refractivity contribution in [3.8, 4) is 0 Å². The highest BCUT2D eigenvalue weighted by atomic mass is 127. The fraction of sp³-hybridized carbons (Fsp3) is 0.781. The molecule has 4 unspecified atom stereocenters. The zero-order valence-electron chi connectivity index (χ0n) is 58.7. The zero-order valence-corrected chi connectivity index (χ0v) is 63.4. The second-order valence-electron chi connectivity index (χ2n) is 24.9. The van der Waals surface area contributed by atoms with Gasteiger partial charge in [-0.2, -0.15) is 0 Å². The van der Waals surface area contributed by atoms with Gasteiger partial charge in [-0.3, -0.25) is 34.9 Å². The number of aromatic nitrogens is 4. The number of halogens is 3. The smallest absolute Gasteiger partial charge is 0.305 e. The van der Waals surface area contributed by atoms with E-state index < -0.39 is 36.2 Å². The lowest BCUT2D eigenvalue weighted by atomic mass is 9.91. The van der Waals surface area contributed by atoms with Crippen LogP contribution in [0.2, 0.25) is 10.3 Å². The third kappa shape index (κ3) is 44.8. The van der Waals surface area contributed by atoms with Crippen LogP contribution in [0.3, 0.4) is 0 Å². The number of nitrogen functional groups attached to an aromatic ring is 4. The zero-order chi connectivity index (χ0) is 74.2. The summed E-state index contributed by atoms with van der Waals surface area (Å²) >= 11 is 12.4. The van der Waals surface area contributed by atoms with Gasteiger partial charge in [0.25, 0.3) is 11.8 Å². The molecule has 101 heavy (non-hydrogen) atoms. The molecule has 0 aliphatic carbocycles. The second-order valence-corrected chi connectivity index (χ2v) is 26.4. The van der Waals surface area contributed by atoms with Crippen LogP contribution < -0.4 is 50.8 Å². The molecule has 0 spiro atoms. The topological polar surface area (TPSA) is 567 Å². The number of rotatable bonds is 31. The van der Waals surface area contributed by atoms with Crippen molar-refractivity contribution in [2.75, 3.05) is 161 Å². The van der Waals surface area contributed by atoms with Gasteiger partial charge in [-0.15, -0.1) is 24.0 Å². The van der Waals surface area contributed by atoms with Gasteiger partial charge in [0, 0.05) is 52.7 Å². The molecule has 0 saturated carbocycles. The predicted octanol–water partition coefficient (Wildman–Crippen LogP) is 1.04. The van der Waals surface area contributed by atoms with Gasteiger partial charge in [0.15, 0.2) is 56.1 Å². The van der Waals surface area contributed by atoms with Crippen LogP contribution in [0.15, 0.2) is 4.99 Å². The summed E-state index contributed by atoms with van der Waals surface area (Å²) in [5.41, 5.74) is 37.9. The molecule has 6 rings (SSSR count). The Kier molecular flexibility index (Phi) is 57.3. The number of carbonyl (C=O) groups is 4. The van der Waals surface area contributed by atoms with Crippen molar-refractivity contribution in [3.05, 3.63) is 21.7 Å². The molecule has 0 radical (unpaired) electrons. The molecule has 0 bridgehead atoms. The number of aliphatic hydroxyl groups excluding tert-OH is 9. The Hall–Kier alpha value is -4.52. The van der Waals surface area contributed by atoms with Gasteiger partial charge in [-0.05, 0) is 179 Å². The summed E-state index contributed by atoms with van der Waals surface area (Å²) in [4.78, 5) is 73.2. The molecule has 4 saturated heterocycles. The van der Waals surface area contributed by atoms with Gasteiger partial charge >= 0.3 is 5.97 Å². The summed E-state index contributed by atoms with van der Waals surface area (Å²) in [5.74, 6) is 0.821. The third-order valence-electron chi connectivity index (χ3n) is 17.1. The minimum absolute atomic E-state index is 0. The number of hydrogen-bond acceptors (Lipinski definition) is 30. The summed E-state index contributed by atoms with van der Waals surface area (Å²) < 4.78 is 4.61. The highest BCUT2D eigenvalue weighted by Crippen LogP contribution is 2.27. The van der Waals surface area contributed by atoms with E-state index in [0.29, 0.717) is 63.3 Å². The number of carbonyl (C=O) groups excluding carboxylic acids is 4. The second kappa shape index (κ2) is 58.7. The first kappa shape index (κ1) is 98.5. The van der Waals surface area contributed by atoms with E-state index in [0.717, 1.165) is 174 Å². The minimum atomic E-state index is -0.661. The van der Waals surface area contributed by atoms with E-state index in [4.69, 9.17) is 94.3 Å². The summed E-state index contributed by atoms with van der Waals surface area (Å²) in [5, 5.41) is 91.5. The molecule has 2 aromatic rings. The predicted molar refractivity (Wildman–Crippen MR) is 409 cm³/mol. The molecule has 4 atom stereocenters. The lowest BCUT2D eigenvalue weighted by Crippen LogP contribution is -2.39. The lowest BCUT2D eigenvalue weighted by Gasteiger charge is -2.32. The number of hydrogen-bond donors (Lipinski definition) is 19. The maximum Gasteiger partial charge on any atom is 0.305 e. The SMILES string of the molecule is C.CO.COC(=O)CCCC1CCN(CC(O)CO)CC1.CSC(=N)NC(=O)c1nc(Cl)c(N)nc1N.I.NC(=NCCCCC1CCN(CC(O)CO)CC1)NC(=O)c1nc(Cl)c(N)nc1N.NC(=O)CCCC1CCN(CC(O)CO)CC1.NCCCCC1CCN(CC(O)CO)CC1. The number of anilines is 4. The number of amidine groups is 1. The number of unbranched alkanes of at least 4 members (excludes halogenated alkanes) is 2. The Labute approximate surface area is 628 Å². The first-order valence-electron chi connectivity index (χ1n) is 34.0. The number of aliphatic imine (C=N–C) groups is 1. The minimum Gasteiger partial charge on any atom is -0.469 e.